The molecular weight excluding hydrogens is 280 g/mol. The molecule has 1 N–H and O–H groups in total. The molecule has 0 bridgehead atoms. The number of nitrogens with zero attached hydrogens (tertiary/aromatic N) is 1. The summed E-state index contributed by atoms with van der Waals surface area (Å²) in [5, 5.41) is 2.81. The Morgan fingerprint density at radius 2 is 2.00 bits per heavy atom. The number of hydrogen-bond acceptors (Lipinski definition) is 3. The molecule has 1 aliphatic rings. The van der Waals surface area contributed by atoms with Crippen LogP contribution in [0.5, 0.6) is 5.75 Å². The summed E-state index contributed by atoms with van der Waals surface area (Å²) >= 11 is 0. The first-order chi connectivity index (χ1) is 10.6. The van der Waals surface area contributed by atoms with Crippen molar-refractivity contribution in [2.45, 2.75) is 32.6 Å². The average Bonchev–Trinajstić information content (AvgIpc) is 3.01. The molecule has 5 nitrogen and oxygen atoms in total. The fraction of sp³-hybridized carbons (Fsp3) is 0.529. The molecule has 1 aromatic carbocycles. The molecule has 5 heteroatoms. The molecule has 1 heterocycles. The van der Waals surface area contributed by atoms with Crippen LogP contribution in [-0.4, -0.2) is 43.5 Å². The minimum Gasteiger partial charge on any atom is -0.496 e. The van der Waals surface area contributed by atoms with Crippen molar-refractivity contribution in [2.75, 3.05) is 26.7 Å². The van der Waals surface area contributed by atoms with Crippen molar-refractivity contribution >= 4 is 11.8 Å². The van der Waals surface area contributed by atoms with Crippen molar-refractivity contribution in [1.82, 2.24) is 10.2 Å². The van der Waals surface area contributed by atoms with Crippen LogP contribution in [0.1, 0.15) is 30.4 Å². The van der Waals surface area contributed by atoms with Crippen LogP contribution >= 0.6 is 0 Å². The molecule has 22 heavy (non-hydrogen) atoms. The van der Waals surface area contributed by atoms with E-state index in [0.717, 1.165) is 37.1 Å². The number of likely N-dealkylation sites (tertiary alicyclic amines) is 1. The van der Waals surface area contributed by atoms with Gasteiger partial charge < -0.3 is 15.0 Å². The number of rotatable bonds is 6. The second-order valence-corrected chi connectivity index (χ2v) is 5.68. The van der Waals surface area contributed by atoms with Gasteiger partial charge in [0.2, 0.25) is 11.8 Å². The van der Waals surface area contributed by atoms with Gasteiger partial charge in [0.25, 0.3) is 0 Å². The Morgan fingerprint density at radius 1 is 1.27 bits per heavy atom. The van der Waals surface area contributed by atoms with Crippen LogP contribution in [0.4, 0.5) is 0 Å². The fourth-order valence-electron chi connectivity index (χ4n) is 2.71. The van der Waals surface area contributed by atoms with Gasteiger partial charge >= 0.3 is 0 Å². The van der Waals surface area contributed by atoms with Gasteiger partial charge in [0.05, 0.1) is 13.5 Å². The van der Waals surface area contributed by atoms with Crippen LogP contribution in [0.3, 0.4) is 0 Å². The maximum atomic E-state index is 12.0. The largest absolute Gasteiger partial charge is 0.496 e. The summed E-state index contributed by atoms with van der Waals surface area (Å²) in [6.07, 6.45) is 2.82. The van der Waals surface area contributed by atoms with Crippen molar-refractivity contribution in [1.29, 1.82) is 0 Å². The number of aryl methyl sites for hydroxylation is 1. The van der Waals surface area contributed by atoms with Crippen molar-refractivity contribution in [3.8, 4) is 5.75 Å². The second kappa shape index (κ2) is 7.82. The smallest absolute Gasteiger partial charge is 0.224 e. The zero-order chi connectivity index (χ0) is 15.9. The second-order valence-electron chi connectivity index (χ2n) is 5.68. The zero-order valence-electron chi connectivity index (χ0n) is 13.4. The van der Waals surface area contributed by atoms with Gasteiger partial charge in [0, 0.05) is 31.6 Å². The molecule has 0 aliphatic carbocycles. The summed E-state index contributed by atoms with van der Waals surface area (Å²) in [5.74, 6) is 0.762. The first kappa shape index (κ1) is 16.3. The van der Waals surface area contributed by atoms with Crippen LogP contribution in [0.2, 0.25) is 0 Å². The quantitative estimate of drug-likeness (QED) is 0.870. The Bertz CT molecular complexity index is 537. The highest BCUT2D eigenvalue weighted by atomic mass is 16.5. The Balaban J connectivity index is 1.78. The molecule has 1 saturated heterocycles. The van der Waals surface area contributed by atoms with Gasteiger partial charge in [-0.15, -0.1) is 0 Å². The van der Waals surface area contributed by atoms with Gasteiger partial charge in [-0.2, -0.15) is 0 Å². The summed E-state index contributed by atoms with van der Waals surface area (Å²) in [6.45, 7) is 4.08. The standard InChI is InChI=1S/C17H24N2O3/c1-13-5-6-15(22-2)14(11-13)12-16(20)18-8-7-17(21)19-9-3-4-10-19/h5-6,11H,3-4,7-10,12H2,1-2H3,(H,18,20). The van der Waals surface area contributed by atoms with E-state index in [9.17, 15) is 9.59 Å². The average molecular weight is 304 g/mol. The molecule has 1 fully saturated rings. The van der Waals surface area contributed by atoms with E-state index in [1.165, 1.54) is 0 Å². The third-order valence-electron chi connectivity index (χ3n) is 3.91. The van der Waals surface area contributed by atoms with Crippen molar-refractivity contribution in [3.63, 3.8) is 0 Å². The third kappa shape index (κ3) is 4.48. The number of ether oxygens (including phenoxy) is 1. The fourth-order valence-corrected chi connectivity index (χ4v) is 2.71. The number of amides is 2. The topological polar surface area (TPSA) is 58.6 Å². The Labute approximate surface area is 131 Å². The first-order valence-electron chi connectivity index (χ1n) is 7.78. The van der Waals surface area contributed by atoms with Gasteiger partial charge in [-0.1, -0.05) is 17.7 Å². The molecule has 120 valence electrons. The summed E-state index contributed by atoms with van der Waals surface area (Å²) in [4.78, 5) is 25.8. The predicted molar refractivity (Wildman–Crippen MR) is 84.9 cm³/mol. The maximum Gasteiger partial charge on any atom is 0.224 e. The van der Waals surface area contributed by atoms with Crippen LogP contribution in [0, 0.1) is 6.92 Å². The van der Waals surface area contributed by atoms with Crippen molar-refractivity contribution < 1.29 is 14.3 Å². The molecular formula is C17H24N2O3. The number of carbonyl (C=O) groups excluding carboxylic acids is 2. The van der Waals surface area contributed by atoms with Gasteiger partial charge in [0.15, 0.2) is 0 Å². The summed E-state index contributed by atoms with van der Waals surface area (Å²) in [7, 11) is 1.60. The van der Waals surface area contributed by atoms with E-state index in [0.29, 0.717) is 18.7 Å². The lowest BCUT2D eigenvalue weighted by Gasteiger charge is -2.15. The van der Waals surface area contributed by atoms with Crippen LogP contribution < -0.4 is 10.1 Å². The Kier molecular flexibility index (Phi) is 5.81. The molecule has 0 saturated carbocycles. The number of methoxy groups -OCH3 is 1. The Hall–Kier alpha value is -2.04. The van der Waals surface area contributed by atoms with Crippen LogP contribution in [0.25, 0.3) is 0 Å². The minimum atomic E-state index is -0.0851. The Morgan fingerprint density at radius 3 is 2.68 bits per heavy atom. The molecule has 1 aromatic rings. The molecule has 1 aliphatic heterocycles. The number of carbonyl (C=O) groups is 2. The number of nitrogens with one attached hydrogen (secondary N) is 1. The highest BCUT2D eigenvalue weighted by Crippen LogP contribution is 2.20. The number of benzene rings is 1. The van der Waals surface area contributed by atoms with Gasteiger partial charge in [-0.3, -0.25) is 9.59 Å². The SMILES string of the molecule is COc1ccc(C)cc1CC(=O)NCCC(=O)N1CCCC1. The normalized spacial score (nSPS) is 14.0. The third-order valence-corrected chi connectivity index (χ3v) is 3.91. The molecule has 0 radical (unpaired) electrons. The van der Waals surface area contributed by atoms with Crippen LogP contribution in [-0.2, 0) is 16.0 Å². The van der Waals surface area contributed by atoms with Crippen molar-refractivity contribution in [2.24, 2.45) is 0 Å². The summed E-state index contributed by atoms with van der Waals surface area (Å²) in [6, 6.07) is 5.78. The number of hydrogen-bond donors (Lipinski definition) is 1. The zero-order valence-corrected chi connectivity index (χ0v) is 13.4. The summed E-state index contributed by atoms with van der Waals surface area (Å²) < 4.78 is 5.27. The maximum absolute atomic E-state index is 12.0. The van der Waals surface area contributed by atoms with Gasteiger partial charge in [0.1, 0.15) is 5.75 Å². The molecule has 0 unspecified atom stereocenters. The molecule has 2 rings (SSSR count). The lowest BCUT2D eigenvalue weighted by atomic mass is 10.1. The van der Waals surface area contributed by atoms with E-state index in [1.54, 1.807) is 7.11 Å². The van der Waals surface area contributed by atoms with E-state index in [2.05, 4.69) is 5.32 Å². The van der Waals surface area contributed by atoms with Gasteiger partial charge in [-0.05, 0) is 25.8 Å². The molecule has 0 spiro atoms. The van der Waals surface area contributed by atoms with E-state index >= 15 is 0 Å². The lowest BCUT2D eigenvalue weighted by Crippen LogP contribution is -2.33. The van der Waals surface area contributed by atoms with Crippen LogP contribution in [0.15, 0.2) is 18.2 Å². The molecule has 0 aromatic heterocycles. The van der Waals surface area contributed by atoms with E-state index in [4.69, 9.17) is 4.74 Å². The van der Waals surface area contributed by atoms with E-state index < -0.39 is 0 Å². The molecule has 0 atom stereocenters. The summed E-state index contributed by atoms with van der Waals surface area (Å²) in [5.41, 5.74) is 1.96. The van der Waals surface area contributed by atoms with E-state index in [1.807, 2.05) is 30.0 Å². The van der Waals surface area contributed by atoms with Crippen molar-refractivity contribution in [3.05, 3.63) is 29.3 Å². The predicted octanol–water partition coefficient (Wildman–Crippen LogP) is 1.67. The first-order valence-corrected chi connectivity index (χ1v) is 7.78. The molecule has 2 amide bonds. The highest BCUT2D eigenvalue weighted by molar-refractivity contribution is 5.81. The van der Waals surface area contributed by atoms with E-state index in [-0.39, 0.29) is 18.2 Å². The minimum absolute atomic E-state index is 0.0851. The van der Waals surface area contributed by atoms with Gasteiger partial charge in [-0.25, -0.2) is 0 Å². The highest BCUT2D eigenvalue weighted by Gasteiger charge is 2.17. The monoisotopic (exact) mass is 304 g/mol. The lowest BCUT2D eigenvalue weighted by molar-refractivity contribution is -0.130.